The van der Waals surface area contributed by atoms with Gasteiger partial charge in [-0.15, -0.1) is 0 Å². The molecule has 0 saturated carbocycles. The first-order chi connectivity index (χ1) is 9.13. The van der Waals surface area contributed by atoms with E-state index >= 15 is 0 Å². The number of carbonyl (C=O) groups is 1. The first-order valence-corrected chi connectivity index (χ1v) is 6.34. The summed E-state index contributed by atoms with van der Waals surface area (Å²) in [6.07, 6.45) is 5.17. The van der Waals surface area contributed by atoms with Gasteiger partial charge in [0.05, 0.1) is 12.8 Å². The Morgan fingerprint density at radius 1 is 1.47 bits per heavy atom. The zero-order chi connectivity index (χ0) is 13.8. The van der Waals surface area contributed by atoms with E-state index in [-0.39, 0.29) is 18.6 Å². The van der Waals surface area contributed by atoms with Crippen LogP contribution in [0.4, 0.5) is 5.82 Å². The summed E-state index contributed by atoms with van der Waals surface area (Å²) in [6.45, 7) is 6.40. The summed E-state index contributed by atoms with van der Waals surface area (Å²) in [4.78, 5) is 18.0. The summed E-state index contributed by atoms with van der Waals surface area (Å²) in [6, 6.07) is 2.01. The molecule has 0 fully saturated rings. The van der Waals surface area contributed by atoms with Gasteiger partial charge in [-0.05, 0) is 26.8 Å². The second-order valence-corrected chi connectivity index (χ2v) is 4.44. The number of ether oxygens (including phenoxy) is 1. The molecule has 0 aliphatic heterocycles. The van der Waals surface area contributed by atoms with Gasteiger partial charge in [-0.3, -0.25) is 4.79 Å². The van der Waals surface area contributed by atoms with Crippen LogP contribution >= 0.6 is 0 Å². The van der Waals surface area contributed by atoms with Crippen LogP contribution in [0.15, 0.2) is 24.7 Å². The Morgan fingerprint density at radius 2 is 2.26 bits per heavy atom. The van der Waals surface area contributed by atoms with Crippen molar-refractivity contribution in [2.45, 2.75) is 26.8 Å². The number of fused-ring (bicyclic) bond motifs is 1. The largest absolute Gasteiger partial charge is 0.465 e. The molecule has 0 bridgehead atoms. The van der Waals surface area contributed by atoms with Crippen molar-refractivity contribution in [3.05, 3.63) is 24.7 Å². The zero-order valence-electron chi connectivity index (χ0n) is 11.4. The van der Waals surface area contributed by atoms with Crippen LogP contribution in [0.3, 0.4) is 0 Å². The third-order valence-corrected chi connectivity index (χ3v) is 2.80. The van der Waals surface area contributed by atoms with Crippen molar-refractivity contribution in [1.82, 2.24) is 14.6 Å². The smallest absolute Gasteiger partial charge is 0.325 e. The van der Waals surface area contributed by atoms with Crippen molar-refractivity contribution in [3.8, 4) is 0 Å². The highest BCUT2D eigenvalue weighted by atomic mass is 16.5. The van der Waals surface area contributed by atoms with Gasteiger partial charge in [0.25, 0.3) is 0 Å². The lowest BCUT2D eigenvalue weighted by Crippen LogP contribution is -2.37. The van der Waals surface area contributed by atoms with E-state index in [2.05, 4.69) is 10.1 Å². The summed E-state index contributed by atoms with van der Waals surface area (Å²) in [5, 5.41) is 4.17. The predicted molar refractivity (Wildman–Crippen MR) is 72.1 cm³/mol. The van der Waals surface area contributed by atoms with E-state index in [1.54, 1.807) is 30.0 Å². The Kier molecular flexibility index (Phi) is 3.99. The summed E-state index contributed by atoms with van der Waals surface area (Å²) < 4.78 is 6.75. The van der Waals surface area contributed by atoms with Crippen molar-refractivity contribution < 1.29 is 9.53 Å². The van der Waals surface area contributed by atoms with Crippen LogP contribution in [-0.2, 0) is 9.53 Å². The van der Waals surface area contributed by atoms with Crippen molar-refractivity contribution in [2.75, 3.05) is 18.1 Å². The number of hydrogen-bond acceptors (Lipinski definition) is 5. The fourth-order valence-corrected chi connectivity index (χ4v) is 1.91. The maximum atomic E-state index is 11.7. The van der Waals surface area contributed by atoms with Crippen LogP contribution < -0.4 is 4.90 Å². The quantitative estimate of drug-likeness (QED) is 0.764. The Labute approximate surface area is 112 Å². The summed E-state index contributed by atoms with van der Waals surface area (Å²) in [5.41, 5.74) is 0.875. The van der Waals surface area contributed by atoms with E-state index in [1.807, 2.05) is 24.8 Å². The maximum absolute atomic E-state index is 11.7. The van der Waals surface area contributed by atoms with Gasteiger partial charge < -0.3 is 9.64 Å². The second kappa shape index (κ2) is 5.69. The number of aromatic nitrogens is 3. The zero-order valence-corrected chi connectivity index (χ0v) is 11.4. The number of esters is 1. The molecule has 0 spiro atoms. The highest BCUT2D eigenvalue weighted by molar-refractivity contribution is 5.79. The van der Waals surface area contributed by atoms with Crippen LogP contribution in [0.1, 0.15) is 20.8 Å². The van der Waals surface area contributed by atoms with E-state index in [0.717, 1.165) is 11.3 Å². The van der Waals surface area contributed by atoms with E-state index in [0.29, 0.717) is 6.61 Å². The van der Waals surface area contributed by atoms with Crippen molar-refractivity contribution >= 4 is 17.3 Å². The highest BCUT2D eigenvalue weighted by Gasteiger charge is 2.19. The highest BCUT2D eigenvalue weighted by Crippen LogP contribution is 2.20. The fraction of sp³-hybridized carbons (Fsp3) is 0.462. The van der Waals surface area contributed by atoms with E-state index in [9.17, 15) is 4.79 Å². The van der Waals surface area contributed by atoms with Crippen LogP contribution in [-0.4, -0.2) is 39.8 Å². The Bertz CT molecular complexity index is 565. The molecular weight excluding hydrogens is 244 g/mol. The first kappa shape index (κ1) is 13.3. The standard InChI is InChI=1S/C13H18N4O2/c1-4-19-12(18)9-16(10(2)3)13-11-5-6-15-17(11)8-7-14-13/h5-8,10H,4,9H2,1-3H3. The van der Waals surface area contributed by atoms with Crippen LogP contribution in [0.5, 0.6) is 0 Å². The fourth-order valence-electron chi connectivity index (χ4n) is 1.91. The van der Waals surface area contributed by atoms with Gasteiger partial charge in [0.2, 0.25) is 0 Å². The molecule has 2 aromatic rings. The van der Waals surface area contributed by atoms with Gasteiger partial charge in [-0.1, -0.05) is 0 Å². The molecule has 6 nitrogen and oxygen atoms in total. The molecule has 19 heavy (non-hydrogen) atoms. The average Bonchev–Trinajstić information content (AvgIpc) is 2.84. The van der Waals surface area contributed by atoms with Gasteiger partial charge in [0.15, 0.2) is 5.82 Å². The number of carbonyl (C=O) groups excluding carboxylic acids is 1. The topological polar surface area (TPSA) is 59.7 Å². The lowest BCUT2D eigenvalue weighted by atomic mass is 10.3. The minimum absolute atomic E-state index is 0.137. The van der Waals surface area contributed by atoms with Gasteiger partial charge in [-0.2, -0.15) is 5.10 Å². The van der Waals surface area contributed by atoms with Crippen molar-refractivity contribution in [2.24, 2.45) is 0 Å². The lowest BCUT2D eigenvalue weighted by Gasteiger charge is -2.27. The molecule has 0 unspecified atom stereocenters. The van der Waals surface area contributed by atoms with Gasteiger partial charge >= 0.3 is 5.97 Å². The maximum Gasteiger partial charge on any atom is 0.325 e. The third kappa shape index (κ3) is 2.83. The number of nitrogens with zero attached hydrogens (tertiary/aromatic N) is 4. The molecule has 2 aromatic heterocycles. The predicted octanol–water partition coefficient (Wildman–Crippen LogP) is 1.51. The van der Waals surface area contributed by atoms with Crippen LogP contribution in [0, 0.1) is 0 Å². The Hall–Kier alpha value is -2.11. The molecule has 0 amide bonds. The summed E-state index contributed by atoms with van der Waals surface area (Å²) in [5.74, 6) is 0.488. The van der Waals surface area contributed by atoms with Gasteiger partial charge in [-0.25, -0.2) is 9.50 Å². The van der Waals surface area contributed by atoms with E-state index in [4.69, 9.17) is 4.74 Å². The molecule has 0 aliphatic carbocycles. The number of hydrogen-bond donors (Lipinski definition) is 0. The molecule has 0 atom stereocenters. The van der Waals surface area contributed by atoms with E-state index in [1.165, 1.54) is 0 Å². The molecule has 0 aromatic carbocycles. The SMILES string of the molecule is CCOC(=O)CN(c1nccn2nccc12)C(C)C. The summed E-state index contributed by atoms with van der Waals surface area (Å²) in [7, 11) is 0. The average molecular weight is 262 g/mol. The Morgan fingerprint density at radius 3 is 2.95 bits per heavy atom. The monoisotopic (exact) mass is 262 g/mol. The van der Waals surface area contributed by atoms with Crippen molar-refractivity contribution in [1.29, 1.82) is 0 Å². The molecule has 2 heterocycles. The van der Waals surface area contributed by atoms with Crippen LogP contribution in [0.2, 0.25) is 0 Å². The van der Waals surface area contributed by atoms with Gasteiger partial charge in [0, 0.05) is 18.4 Å². The molecule has 0 radical (unpaired) electrons. The van der Waals surface area contributed by atoms with Crippen LogP contribution in [0.25, 0.3) is 5.52 Å². The molecule has 0 N–H and O–H groups in total. The Balaban J connectivity index is 2.33. The van der Waals surface area contributed by atoms with Crippen molar-refractivity contribution in [3.63, 3.8) is 0 Å². The minimum Gasteiger partial charge on any atom is -0.465 e. The van der Waals surface area contributed by atoms with E-state index < -0.39 is 0 Å². The number of anilines is 1. The minimum atomic E-state index is -0.250. The first-order valence-electron chi connectivity index (χ1n) is 6.34. The second-order valence-electron chi connectivity index (χ2n) is 4.44. The molecular formula is C13H18N4O2. The molecule has 6 heteroatoms. The molecule has 0 saturated heterocycles. The van der Waals surface area contributed by atoms with Gasteiger partial charge in [0.1, 0.15) is 12.1 Å². The normalized spacial score (nSPS) is 10.9. The summed E-state index contributed by atoms with van der Waals surface area (Å²) >= 11 is 0. The number of rotatable bonds is 5. The lowest BCUT2D eigenvalue weighted by molar-refractivity contribution is -0.141. The molecule has 0 aliphatic rings. The third-order valence-electron chi connectivity index (χ3n) is 2.80. The molecule has 102 valence electrons. The molecule has 2 rings (SSSR count).